The molecular formula is C20H24N6O2. The van der Waals surface area contributed by atoms with Gasteiger partial charge in [0.2, 0.25) is 11.9 Å². The molecule has 0 saturated carbocycles. The van der Waals surface area contributed by atoms with Gasteiger partial charge < -0.3 is 20.0 Å². The molecule has 8 heteroatoms. The fourth-order valence-electron chi connectivity index (χ4n) is 3.57. The number of piperazine rings is 1. The van der Waals surface area contributed by atoms with Crippen LogP contribution in [0.5, 0.6) is 0 Å². The quantitative estimate of drug-likeness (QED) is 0.872. The Morgan fingerprint density at radius 1 is 1.00 bits per heavy atom. The van der Waals surface area contributed by atoms with Crippen LogP contribution in [0.3, 0.4) is 0 Å². The van der Waals surface area contributed by atoms with Crippen LogP contribution in [-0.4, -0.2) is 59.5 Å². The highest BCUT2D eigenvalue weighted by atomic mass is 16.2. The number of anilines is 2. The smallest absolute Gasteiger partial charge is 0.317 e. The fraction of sp³-hybridized carbons (Fsp3) is 0.400. The number of hydrogen-bond donors (Lipinski definition) is 1. The summed E-state index contributed by atoms with van der Waals surface area (Å²) < 4.78 is 0. The third-order valence-corrected chi connectivity index (χ3v) is 5.17. The van der Waals surface area contributed by atoms with Crippen molar-refractivity contribution in [2.24, 2.45) is 0 Å². The summed E-state index contributed by atoms with van der Waals surface area (Å²) in [4.78, 5) is 38.5. The predicted octanol–water partition coefficient (Wildman–Crippen LogP) is 1.64. The summed E-state index contributed by atoms with van der Waals surface area (Å²) in [5.74, 6) is 0.889. The van der Waals surface area contributed by atoms with Crippen LogP contribution in [0.2, 0.25) is 0 Å². The van der Waals surface area contributed by atoms with Crippen LogP contribution < -0.4 is 15.1 Å². The summed E-state index contributed by atoms with van der Waals surface area (Å²) in [5, 5.41) is 2.98. The van der Waals surface area contributed by atoms with Gasteiger partial charge in [0, 0.05) is 63.8 Å². The number of hydrogen-bond acceptors (Lipinski definition) is 5. The highest BCUT2D eigenvalue weighted by Crippen LogP contribution is 2.21. The van der Waals surface area contributed by atoms with Crippen molar-refractivity contribution in [1.29, 1.82) is 0 Å². The lowest BCUT2D eigenvalue weighted by atomic mass is 10.2. The average molecular weight is 380 g/mol. The minimum atomic E-state index is -0.0626. The first-order valence-corrected chi connectivity index (χ1v) is 9.65. The standard InChI is InChI=1S/C20H24N6O2/c27-18-3-1-10-26(18)17-6-4-16(5-7-17)15-23-20(28)25-13-11-24(12-14-25)19-21-8-2-9-22-19/h2,4-9H,1,3,10-15H2,(H,23,28). The van der Waals surface area contributed by atoms with E-state index in [2.05, 4.69) is 20.2 Å². The molecule has 1 aromatic heterocycles. The van der Waals surface area contributed by atoms with E-state index in [9.17, 15) is 9.59 Å². The van der Waals surface area contributed by atoms with Crippen molar-refractivity contribution in [2.75, 3.05) is 42.5 Å². The highest BCUT2D eigenvalue weighted by molar-refractivity contribution is 5.95. The van der Waals surface area contributed by atoms with Gasteiger partial charge in [-0.05, 0) is 30.2 Å². The minimum absolute atomic E-state index is 0.0626. The van der Waals surface area contributed by atoms with E-state index in [1.807, 2.05) is 34.1 Å². The third-order valence-electron chi connectivity index (χ3n) is 5.17. The van der Waals surface area contributed by atoms with Crippen molar-refractivity contribution < 1.29 is 9.59 Å². The SMILES string of the molecule is O=C(NCc1ccc(N2CCCC2=O)cc1)N1CCN(c2ncccn2)CC1. The zero-order valence-corrected chi connectivity index (χ0v) is 15.8. The molecule has 0 bridgehead atoms. The number of carbonyl (C=O) groups excluding carboxylic acids is 2. The Balaban J connectivity index is 1.25. The maximum absolute atomic E-state index is 12.4. The maximum atomic E-state index is 12.4. The van der Waals surface area contributed by atoms with Gasteiger partial charge in [-0.1, -0.05) is 12.1 Å². The van der Waals surface area contributed by atoms with E-state index in [0.717, 1.165) is 37.3 Å². The second-order valence-electron chi connectivity index (χ2n) is 7.00. The van der Waals surface area contributed by atoms with E-state index in [1.54, 1.807) is 18.5 Å². The topological polar surface area (TPSA) is 81.7 Å². The number of carbonyl (C=O) groups is 2. The molecule has 0 radical (unpaired) electrons. The van der Waals surface area contributed by atoms with Crippen molar-refractivity contribution in [3.8, 4) is 0 Å². The molecular weight excluding hydrogens is 356 g/mol. The van der Waals surface area contributed by atoms with Gasteiger partial charge in [0.25, 0.3) is 0 Å². The zero-order valence-electron chi connectivity index (χ0n) is 15.8. The summed E-state index contributed by atoms with van der Waals surface area (Å²) in [6.45, 7) is 3.97. The van der Waals surface area contributed by atoms with Gasteiger partial charge in [-0.15, -0.1) is 0 Å². The molecule has 2 fully saturated rings. The van der Waals surface area contributed by atoms with E-state index >= 15 is 0 Å². The van der Waals surface area contributed by atoms with Crippen molar-refractivity contribution in [3.05, 3.63) is 48.3 Å². The van der Waals surface area contributed by atoms with Gasteiger partial charge in [0.1, 0.15) is 0 Å². The Bertz CT molecular complexity index is 818. The Hall–Kier alpha value is -3.16. The van der Waals surface area contributed by atoms with Gasteiger partial charge in [0.15, 0.2) is 0 Å². The molecule has 0 unspecified atom stereocenters. The number of nitrogens with one attached hydrogen (secondary N) is 1. The van der Waals surface area contributed by atoms with Gasteiger partial charge in [-0.25, -0.2) is 14.8 Å². The summed E-state index contributed by atoms with van der Waals surface area (Å²) >= 11 is 0. The highest BCUT2D eigenvalue weighted by Gasteiger charge is 2.23. The summed E-state index contributed by atoms with van der Waals surface area (Å²) in [5.41, 5.74) is 1.94. The van der Waals surface area contributed by atoms with Crippen molar-refractivity contribution >= 4 is 23.6 Å². The average Bonchev–Trinajstić information content (AvgIpc) is 3.19. The maximum Gasteiger partial charge on any atom is 0.317 e. The zero-order chi connectivity index (χ0) is 19.3. The van der Waals surface area contributed by atoms with Crippen LogP contribution >= 0.6 is 0 Å². The van der Waals surface area contributed by atoms with Crippen LogP contribution in [-0.2, 0) is 11.3 Å². The number of benzene rings is 1. The molecule has 146 valence electrons. The first-order chi connectivity index (χ1) is 13.7. The molecule has 1 N–H and O–H groups in total. The normalized spacial score (nSPS) is 17.1. The summed E-state index contributed by atoms with van der Waals surface area (Å²) in [7, 11) is 0. The van der Waals surface area contributed by atoms with Crippen LogP contribution in [0.1, 0.15) is 18.4 Å². The molecule has 0 atom stereocenters. The lowest BCUT2D eigenvalue weighted by molar-refractivity contribution is -0.117. The van der Waals surface area contributed by atoms with Gasteiger partial charge in [-0.3, -0.25) is 4.79 Å². The van der Waals surface area contributed by atoms with E-state index in [-0.39, 0.29) is 11.9 Å². The second kappa shape index (κ2) is 8.24. The monoisotopic (exact) mass is 380 g/mol. The molecule has 2 saturated heterocycles. The van der Waals surface area contributed by atoms with E-state index < -0.39 is 0 Å². The van der Waals surface area contributed by atoms with Gasteiger partial charge in [0.05, 0.1) is 0 Å². The van der Waals surface area contributed by atoms with Crippen LogP contribution in [0.25, 0.3) is 0 Å². The summed E-state index contributed by atoms with van der Waals surface area (Å²) in [6, 6.07) is 9.56. The number of rotatable bonds is 4. The first kappa shape index (κ1) is 18.2. The lowest BCUT2D eigenvalue weighted by Crippen LogP contribution is -2.52. The van der Waals surface area contributed by atoms with Gasteiger partial charge >= 0.3 is 6.03 Å². The van der Waals surface area contributed by atoms with Crippen LogP contribution in [0.15, 0.2) is 42.7 Å². The minimum Gasteiger partial charge on any atom is -0.337 e. The molecule has 0 spiro atoms. The molecule has 3 amide bonds. The molecule has 0 aliphatic carbocycles. The number of aromatic nitrogens is 2. The fourth-order valence-corrected chi connectivity index (χ4v) is 3.57. The molecule has 2 aromatic rings. The van der Waals surface area contributed by atoms with Crippen molar-refractivity contribution in [3.63, 3.8) is 0 Å². The number of nitrogens with zero attached hydrogens (tertiary/aromatic N) is 5. The predicted molar refractivity (Wildman–Crippen MR) is 106 cm³/mol. The third kappa shape index (κ3) is 4.05. The molecule has 2 aliphatic rings. The van der Waals surface area contributed by atoms with Crippen LogP contribution in [0.4, 0.5) is 16.4 Å². The van der Waals surface area contributed by atoms with Gasteiger partial charge in [-0.2, -0.15) is 0 Å². The Labute approximate surface area is 164 Å². The van der Waals surface area contributed by atoms with E-state index in [4.69, 9.17) is 0 Å². The molecule has 2 aliphatic heterocycles. The molecule has 28 heavy (non-hydrogen) atoms. The lowest BCUT2D eigenvalue weighted by Gasteiger charge is -2.34. The first-order valence-electron chi connectivity index (χ1n) is 9.65. The van der Waals surface area contributed by atoms with E-state index in [1.165, 1.54) is 0 Å². The largest absolute Gasteiger partial charge is 0.337 e. The summed E-state index contributed by atoms with van der Waals surface area (Å²) in [6.07, 6.45) is 5.00. The Morgan fingerprint density at radius 3 is 2.36 bits per heavy atom. The van der Waals surface area contributed by atoms with Crippen LogP contribution in [0, 0.1) is 0 Å². The number of amides is 3. The Morgan fingerprint density at radius 2 is 1.71 bits per heavy atom. The van der Waals surface area contributed by atoms with Crippen molar-refractivity contribution in [1.82, 2.24) is 20.2 Å². The van der Waals surface area contributed by atoms with E-state index in [0.29, 0.717) is 32.0 Å². The molecule has 8 nitrogen and oxygen atoms in total. The second-order valence-corrected chi connectivity index (χ2v) is 7.00. The molecule has 1 aromatic carbocycles. The molecule has 3 heterocycles. The molecule has 4 rings (SSSR count). The van der Waals surface area contributed by atoms with Crippen molar-refractivity contribution in [2.45, 2.75) is 19.4 Å². The number of urea groups is 1. The Kier molecular flexibility index (Phi) is 5.36.